The zero-order valence-corrected chi connectivity index (χ0v) is 15.4. The number of nitrogens with one attached hydrogen (secondary N) is 2. The van der Waals surface area contributed by atoms with Gasteiger partial charge in [0.2, 0.25) is 5.91 Å². The van der Waals surface area contributed by atoms with E-state index in [1.165, 1.54) is 12.1 Å². The molecule has 0 unspecified atom stereocenters. The molecule has 2 aromatic carbocycles. The first-order chi connectivity index (χ1) is 13.1. The van der Waals surface area contributed by atoms with Crippen molar-refractivity contribution in [3.05, 3.63) is 65.6 Å². The monoisotopic (exact) mass is 367 g/mol. The smallest absolute Gasteiger partial charge is 0.228 e. The van der Waals surface area contributed by atoms with Crippen molar-refractivity contribution in [3.8, 4) is 17.0 Å². The molecule has 1 amide bonds. The number of ether oxygens (including phenoxy) is 1. The normalized spacial score (nSPS) is 10.6. The minimum absolute atomic E-state index is 0.156. The van der Waals surface area contributed by atoms with Crippen molar-refractivity contribution < 1.29 is 13.9 Å². The zero-order chi connectivity index (χ0) is 19.2. The second-order valence-corrected chi connectivity index (χ2v) is 6.26. The number of aryl methyl sites for hydroxylation is 1. The fraction of sp³-hybridized carbons (Fsp3) is 0.238. The molecule has 1 aromatic heterocycles. The summed E-state index contributed by atoms with van der Waals surface area (Å²) in [5, 5.41) is 10.2. The van der Waals surface area contributed by atoms with Crippen LogP contribution >= 0.6 is 0 Å². The highest BCUT2D eigenvalue weighted by molar-refractivity contribution is 5.96. The van der Waals surface area contributed by atoms with Gasteiger partial charge in [-0.15, -0.1) is 0 Å². The van der Waals surface area contributed by atoms with E-state index >= 15 is 0 Å². The second kappa shape index (κ2) is 8.49. The van der Waals surface area contributed by atoms with Gasteiger partial charge in [-0.3, -0.25) is 9.89 Å². The van der Waals surface area contributed by atoms with Gasteiger partial charge in [0.05, 0.1) is 24.9 Å². The minimum atomic E-state index is -0.344. The van der Waals surface area contributed by atoms with E-state index in [1.54, 1.807) is 19.2 Å². The third kappa shape index (κ3) is 4.53. The highest BCUT2D eigenvalue weighted by Gasteiger charge is 2.17. The van der Waals surface area contributed by atoms with E-state index in [2.05, 4.69) is 15.5 Å². The van der Waals surface area contributed by atoms with Crippen LogP contribution in [0.15, 0.2) is 48.5 Å². The van der Waals surface area contributed by atoms with Crippen LogP contribution in [-0.2, 0) is 17.6 Å². The minimum Gasteiger partial charge on any atom is -0.497 e. The van der Waals surface area contributed by atoms with E-state index in [4.69, 9.17) is 4.74 Å². The first kappa shape index (κ1) is 18.6. The summed E-state index contributed by atoms with van der Waals surface area (Å²) < 4.78 is 18.7. The Kier molecular flexibility index (Phi) is 5.86. The molecule has 0 saturated carbocycles. The van der Waals surface area contributed by atoms with E-state index in [1.807, 2.05) is 31.2 Å². The van der Waals surface area contributed by atoms with Gasteiger partial charge in [0.15, 0.2) is 0 Å². The summed E-state index contributed by atoms with van der Waals surface area (Å²) in [4.78, 5) is 12.6. The summed E-state index contributed by atoms with van der Waals surface area (Å²) in [7, 11) is 1.60. The number of halogens is 1. The second-order valence-electron chi connectivity index (χ2n) is 6.26. The van der Waals surface area contributed by atoms with Crippen molar-refractivity contribution in [1.82, 2.24) is 10.2 Å². The van der Waals surface area contributed by atoms with Crippen LogP contribution in [0.5, 0.6) is 5.75 Å². The molecule has 0 fully saturated rings. The van der Waals surface area contributed by atoms with Gasteiger partial charge in [0, 0.05) is 5.56 Å². The number of methoxy groups -OCH3 is 1. The standard InChI is InChI=1S/C21H22FN3O2/c1-3-5-18-21(20(25-24-18)15-6-4-7-16(22)13-15)23-19(26)12-14-8-10-17(27-2)11-9-14/h4,6-11,13H,3,5,12H2,1-2H3,(H,23,26)(H,24,25). The van der Waals surface area contributed by atoms with Crippen LogP contribution in [0.2, 0.25) is 0 Å². The van der Waals surface area contributed by atoms with Crippen LogP contribution in [-0.4, -0.2) is 23.2 Å². The molecule has 0 radical (unpaired) electrons. The lowest BCUT2D eigenvalue weighted by Gasteiger charge is -2.09. The fourth-order valence-electron chi connectivity index (χ4n) is 2.90. The van der Waals surface area contributed by atoms with E-state index in [9.17, 15) is 9.18 Å². The Morgan fingerprint density at radius 2 is 2.00 bits per heavy atom. The number of amides is 1. The van der Waals surface area contributed by atoms with Gasteiger partial charge in [0.25, 0.3) is 0 Å². The first-order valence-corrected chi connectivity index (χ1v) is 8.86. The molecule has 27 heavy (non-hydrogen) atoms. The van der Waals surface area contributed by atoms with Gasteiger partial charge >= 0.3 is 0 Å². The number of H-pyrrole nitrogens is 1. The molecule has 3 aromatic rings. The molecule has 0 atom stereocenters. The fourth-order valence-corrected chi connectivity index (χ4v) is 2.90. The van der Waals surface area contributed by atoms with Crippen LogP contribution in [0, 0.1) is 5.82 Å². The van der Waals surface area contributed by atoms with Gasteiger partial charge in [-0.05, 0) is 36.2 Å². The molecule has 0 saturated heterocycles. The predicted molar refractivity (Wildman–Crippen MR) is 103 cm³/mol. The Hall–Kier alpha value is -3.15. The number of carbonyl (C=O) groups is 1. The number of carbonyl (C=O) groups excluding carboxylic acids is 1. The summed E-state index contributed by atoms with van der Waals surface area (Å²) in [5.74, 6) is 0.243. The highest BCUT2D eigenvalue weighted by Crippen LogP contribution is 2.30. The average Bonchev–Trinajstić information content (AvgIpc) is 3.05. The molecular weight excluding hydrogens is 345 g/mol. The number of benzene rings is 2. The van der Waals surface area contributed by atoms with Crippen LogP contribution in [0.25, 0.3) is 11.3 Å². The number of aromatic amines is 1. The molecule has 2 N–H and O–H groups in total. The summed E-state index contributed by atoms with van der Waals surface area (Å²) >= 11 is 0. The highest BCUT2D eigenvalue weighted by atomic mass is 19.1. The van der Waals surface area contributed by atoms with E-state index in [0.717, 1.165) is 29.8 Å². The maximum atomic E-state index is 13.6. The van der Waals surface area contributed by atoms with Crippen molar-refractivity contribution in [1.29, 1.82) is 0 Å². The molecule has 140 valence electrons. The molecule has 0 aliphatic heterocycles. The van der Waals surface area contributed by atoms with E-state index in [0.29, 0.717) is 16.9 Å². The van der Waals surface area contributed by atoms with Crippen LogP contribution < -0.4 is 10.1 Å². The van der Waals surface area contributed by atoms with Crippen LogP contribution in [0.1, 0.15) is 24.6 Å². The third-order valence-corrected chi connectivity index (χ3v) is 4.23. The average molecular weight is 367 g/mol. The zero-order valence-electron chi connectivity index (χ0n) is 15.4. The lowest BCUT2D eigenvalue weighted by atomic mass is 10.1. The van der Waals surface area contributed by atoms with Crippen LogP contribution in [0.4, 0.5) is 10.1 Å². The van der Waals surface area contributed by atoms with Gasteiger partial charge in [-0.2, -0.15) is 5.10 Å². The van der Waals surface area contributed by atoms with Crippen molar-refractivity contribution in [3.63, 3.8) is 0 Å². The first-order valence-electron chi connectivity index (χ1n) is 8.86. The quantitative estimate of drug-likeness (QED) is 0.652. The Labute approximate surface area is 157 Å². The maximum Gasteiger partial charge on any atom is 0.228 e. The van der Waals surface area contributed by atoms with Crippen molar-refractivity contribution >= 4 is 11.6 Å². The van der Waals surface area contributed by atoms with E-state index in [-0.39, 0.29) is 18.1 Å². The Balaban J connectivity index is 1.83. The van der Waals surface area contributed by atoms with Gasteiger partial charge in [-0.25, -0.2) is 4.39 Å². The van der Waals surface area contributed by atoms with Crippen molar-refractivity contribution in [2.24, 2.45) is 0 Å². The Morgan fingerprint density at radius 3 is 2.67 bits per heavy atom. The summed E-state index contributed by atoms with van der Waals surface area (Å²) in [5.41, 5.74) is 3.48. The topological polar surface area (TPSA) is 67.0 Å². The molecule has 0 aliphatic carbocycles. The van der Waals surface area contributed by atoms with E-state index < -0.39 is 0 Å². The molecule has 1 heterocycles. The largest absolute Gasteiger partial charge is 0.497 e. The number of aromatic nitrogens is 2. The molecular formula is C21H22FN3O2. The summed E-state index contributed by atoms with van der Waals surface area (Å²) in [6.07, 6.45) is 1.86. The lowest BCUT2D eigenvalue weighted by molar-refractivity contribution is -0.115. The SMILES string of the molecule is CCCc1[nH]nc(-c2cccc(F)c2)c1NC(=O)Cc1ccc(OC)cc1. The van der Waals surface area contributed by atoms with Gasteiger partial charge < -0.3 is 10.1 Å². The number of anilines is 1. The third-order valence-electron chi connectivity index (χ3n) is 4.23. The number of nitrogens with zero attached hydrogens (tertiary/aromatic N) is 1. The number of rotatable bonds is 7. The van der Waals surface area contributed by atoms with Gasteiger partial charge in [0.1, 0.15) is 17.3 Å². The van der Waals surface area contributed by atoms with Crippen LogP contribution in [0.3, 0.4) is 0 Å². The molecule has 0 bridgehead atoms. The molecule has 5 nitrogen and oxygen atoms in total. The number of hydrogen-bond acceptors (Lipinski definition) is 3. The summed E-state index contributed by atoms with van der Waals surface area (Å²) in [6.45, 7) is 2.05. The lowest BCUT2D eigenvalue weighted by Crippen LogP contribution is -2.15. The molecule has 0 spiro atoms. The molecule has 0 aliphatic rings. The Morgan fingerprint density at radius 1 is 1.22 bits per heavy atom. The van der Waals surface area contributed by atoms with Crippen molar-refractivity contribution in [2.75, 3.05) is 12.4 Å². The van der Waals surface area contributed by atoms with Crippen molar-refractivity contribution in [2.45, 2.75) is 26.2 Å². The maximum absolute atomic E-state index is 13.6. The van der Waals surface area contributed by atoms with Gasteiger partial charge in [-0.1, -0.05) is 37.6 Å². The predicted octanol–water partition coefficient (Wildman–Crippen LogP) is 4.36. The number of hydrogen-bond donors (Lipinski definition) is 2. The molecule has 6 heteroatoms. The Bertz CT molecular complexity index is 919. The molecule has 3 rings (SSSR count). The summed E-state index contributed by atoms with van der Waals surface area (Å²) in [6, 6.07) is 13.5.